The quantitative estimate of drug-likeness (QED) is 0.0766. The number of barbiturate groups is 1. The summed E-state index contributed by atoms with van der Waals surface area (Å²) in [5.74, 6) is -0.785. The van der Waals surface area contributed by atoms with Crippen LogP contribution in [0.1, 0.15) is 58.1 Å². The zero-order valence-corrected chi connectivity index (χ0v) is 28.1. The smallest absolute Gasteiger partial charge is 0.335 e. The van der Waals surface area contributed by atoms with E-state index in [0.29, 0.717) is 17.0 Å². The number of hydrogen-bond acceptors (Lipinski definition) is 7. The van der Waals surface area contributed by atoms with E-state index in [4.69, 9.17) is 4.74 Å². The molecule has 0 spiro atoms. The Morgan fingerprint density at radius 2 is 1.35 bits per heavy atom. The molecular formula is C42H34N4O6. The summed E-state index contributed by atoms with van der Waals surface area (Å²) in [5.41, 5.74) is 7.25. The molecule has 0 aromatic heterocycles. The topological polar surface area (TPSA) is 122 Å². The second-order valence-electron chi connectivity index (χ2n) is 13.2. The van der Waals surface area contributed by atoms with E-state index >= 15 is 0 Å². The first-order valence-corrected chi connectivity index (χ1v) is 17.2. The maximum Gasteiger partial charge on any atom is 0.335 e. The number of non-ortho nitro benzene ring substituents is 1. The van der Waals surface area contributed by atoms with Crippen molar-refractivity contribution in [2.75, 3.05) is 22.9 Å². The largest absolute Gasteiger partial charge is 0.489 e. The second kappa shape index (κ2) is 13.6. The molecule has 3 heterocycles. The normalized spacial score (nSPS) is 18.9. The standard InChI is InChI=1S/C42H34N4O6/c47-40-38(23-27-13-17-33(18-14-27)52-26-28-11-15-31(16-12-28)46(50)51)41(48)45(42(49)43-40)32-24-36-34(29-7-3-1-4-8-29)19-21-44-22-20-35(37(25-32)39(36)44)30-9-5-2-6-10-30/h1-18,23-25,34-35H,19-22,26H2,(H,43,47,49)/b38-23+/t34-,35-/m0/s1. The number of benzene rings is 5. The van der Waals surface area contributed by atoms with Gasteiger partial charge in [0.2, 0.25) is 0 Å². The van der Waals surface area contributed by atoms with Crippen LogP contribution in [0.15, 0.2) is 127 Å². The van der Waals surface area contributed by atoms with Crippen molar-refractivity contribution < 1.29 is 24.0 Å². The number of hydrogen-bond donors (Lipinski definition) is 1. The van der Waals surface area contributed by atoms with Gasteiger partial charge in [0.15, 0.2) is 0 Å². The summed E-state index contributed by atoms with van der Waals surface area (Å²) < 4.78 is 5.84. The number of nitro groups is 1. The van der Waals surface area contributed by atoms with Crippen LogP contribution in [-0.2, 0) is 16.2 Å². The lowest BCUT2D eigenvalue weighted by molar-refractivity contribution is -0.384. The summed E-state index contributed by atoms with van der Waals surface area (Å²) in [6.07, 6.45) is 3.27. The Kier molecular flexibility index (Phi) is 8.56. The summed E-state index contributed by atoms with van der Waals surface area (Å²) in [5, 5.41) is 13.3. The molecule has 1 saturated heterocycles. The number of imide groups is 2. The van der Waals surface area contributed by atoms with Gasteiger partial charge in [0.25, 0.3) is 17.5 Å². The van der Waals surface area contributed by atoms with Gasteiger partial charge in [-0.3, -0.25) is 25.0 Å². The van der Waals surface area contributed by atoms with Crippen molar-refractivity contribution in [3.8, 4) is 5.75 Å². The fraction of sp³-hybridized carbons (Fsp3) is 0.167. The van der Waals surface area contributed by atoms with E-state index in [0.717, 1.165) is 53.2 Å². The highest BCUT2D eigenvalue weighted by Crippen LogP contribution is 2.50. The number of ether oxygens (including phenoxy) is 1. The van der Waals surface area contributed by atoms with Gasteiger partial charge in [-0.25, -0.2) is 9.69 Å². The first-order valence-electron chi connectivity index (χ1n) is 17.2. The third kappa shape index (κ3) is 6.19. The Balaban J connectivity index is 1.12. The van der Waals surface area contributed by atoms with Crippen molar-refractivity contribution in [3.63, 3.8) is 0 Å². The summed E-state index contributed by atoms with van der Waals surface area (Å²) in [6, 6.07) is 36.7. The van der Waals surface area contributed by atoms with Crippen molar-refractivity contribution in [2.24, 2.45) is 0 Å². The molecular weight excluding hydrogens is 656 g/mol. The van der Waals surface area contributed by atoms with Gasteiger partial charge >= 0.3 is 6.03 Å². The SMILES string of the molecule is O=C1NC(=O)N(c2cc3c4c(c2)[C@H](c2ccccc2)CCN4CC[C@H]3c2ccccc2)C(=O)/C1=C/c1ccc(OCc2ccc([N+](=O)[O-])cc2)cc1. The Bertz CT molecular complexity index is 2150. The molecule has 5 aromatic rings. The molecule has 258 valence electrons. The van der Waals surface area contributed by atoms with Crippen LogP contribution in [0.25, 0.3) is 6.08 Å². The minimum absolute atomic E-state index is 0.00309. The van der Waals surface area contributed by atoms with Crippen LogP contribution >= 0.6 is 0 Å². The van der Waals surface area contributed by atoms with Gasteiger partial charge in [-0.15, -0.1) is 0 Å². The molecule has 3 aliphatic heterocycles. The molecule has 3 aliphatic rings. The average Bonchev–Trinajstić information content (AvgIpc) is 3.17. The van der Waals surface area contributed by atoms with Crippen LogP contribution in [0, 0.1) is 10.1 Å². The molecule has 0 saturated carbocycles. The zero-order valence-electron chi connectivity index (χ0n) is 28.1. The van der Waals surface area contributed by atoms with Crippen LogP contribution in [0.4, 0.5) is 21.9 Å². The van der Waals surface area contributed by atoms with Crippen molar-refractivity contribution in [1.29, 1.82) is 0 Å². The number of rotatable bonds is 8. The van der Waals surface area contributed by atoms with E-state index in [1.165, 1.54) is 29.3 Å². The van der Waals surface area contributed by atoms with Crippen LogP contribution in [0.5, 0.6) is 5.75 Å². The Hall–Kier alpha value is -6.55. The number of carbonyl (C=O) groups excluding carboxylic acids is 3. The van der Waals surface area contributed by atoms with Gasteiger partial charge in [-0.1, -0.05) is 72.8 Å². The summed E-state index contributed by atoms with van der Waals surface area (Å²) >= 11 is 0. The van der Waals surface area contributed by atoms with Gasteiger partial charge in [-0.2, -0.15) is 0 Å². The van der Waals surface area contributed by atoms with Gasteiger partial charge in [0, 0.05) is 42.7 Å². The fourth-order valence-electron chi connectivity index (χ4n) is 7.57. The molecule has 0 unspecified atom stereocenters. The first-order chi connectivity index (χ1) is 25.3. The molecule has 0 radical (unpaired) electrons. The van der Waals surface area contributed by atoms with Crippen LogP contribution in [0.3, 0.4) is 0 Å². The van der Waals surface area contributed by atoms with E-state index in [9.17, 15) is 24.5 Å². The third-order valence-corrected chi connectivity index (χ3v) is 10.1. The molecule has 2 atom stereocenters. The molecule has 8 rings (SSSR count). The number of nitro benzene ring substituents is 1. The Labute approximate surface area is 300 Å². The van der Waals surface area contributed by atoms with E-state index in [1.54, 1.807) is 36.4 Å². The number of nitrogens with zero attached hydrogens (tertiary/aromatic N) is 3. The van der Waals surface area contributed by atoms with E-state index in [-0.39, 0.29) is 29.7 Å². The monoisotopic (exact) mass is 690 g/mol. The molecule has 10 heteroatoms. The number of urea groups is 1. The minimum Gasteiger partial charge on any atom is -0.489 e. The van der Waals surface area contributed by atoms with Gasteiger partial charge < -0.3 is 9.64 Å². The molecule has 0 aliphatic carbocycles. The highest BCUT2D eigenvalue weighted by Gasteiger charge is 2.40. The van der Waals surface area contributed by atoms with Gasteiger partial charge in [-0.05, 0) is 88.7 Å². The maximum absolute atomic E-state index is 14.2. The third-order valence-electron chi connectivity index (χ3n) is 10.1. The van der Waals surface area contributed by atoms with Crippen molar-refractivity contribution >= 4 is 41.0 Å². The number of amides is 4. The highest BCUT2D eigenvalue weighted by molar-refractivity contribution is 6.39. The summed E-state index contributed by atoms with van der Waals surface area (Å²) in [7, 11) is 0. The van der Waals surface area contributed by atoms with Gasteiger partial charge in [0.05, 0.1) is 10.6 Å². The maximum atomic E-state index is 14.2. The summed E-state index contributed by atoms with van der Waals surface area (Å²) in [6.45, 7) is 2.02. The summed E-state index contributed by atoms with van der Waals surface area (Å²) in [4.78, 5) is 54.9. The first kappa shape index (κ1) is 32.6. The predicted molar refractivity (Wildman–Crippen MR) is 197 cm³/mol. The second-order valence-corrected chi connectivity index (χ2v) is 13.2. The Morgan fingerprint density at radius 1 is 0.769 bits per heavy atom. The van der Waals surface area contributed by atoms with E-state index in [2.05, 4.69) is 34.5 Å². The van der Waals surface area contributed by atoms with Gasteiger partial charge in [0.1, 0.15) is 17.9 Å². The highest BCUT2D eigenvalue weighted by atomic mass is 16.6. The molecule has 52 heavy (non-hydrogen) atoms. The van der Waals surface area contributed by atoms with Crippen LogP contribution in [-0.4, -0.2) is 35.9 Å². The molecule has 1 N–H and O–H groups in total. The zero-order chi connectivity index (χ0) is 35.8. The minimum atomic E-state index is -0.787. The molecule has 4 amide bonds. The average molecular weight is 691 g/mol. The number of nitrogens with one attached hydrogen (secondary N) is 1. The molecule has 1 fully saturated rings. The molecule has 0 bridgehead atoms. The molecule has 5 aromatic carbocycles. The lowest BCUT2D eigenvalue weighted by Crippen LogP contribution is -2.54. The number of anilines is 2. The van der Waals surface area contributed by atoms with Crippen LogP contribution in [0.2, 0.25) is 0 Å². The van der Waals surface area contributed by atoms with Crippen LogP contribution < -0.4 is 19.9 Å². The lowest BCUT2D eigenvalue weighted by Gasteiger charge is -2.44. The fourth-order valence-corrected chi connectivity index (χ4v) is 7.57. The lowest BCUT2D eigenvalue weighted by atomic mass is 9.76. The Morgan fingerprint density at radius 3 is 1.90 bits per heavy atom. The predicted octanol–water partition coefficient (Wildman–Crippen LogP) is 7.72. The van der Waals surface area contributed by atoms with Crippen molar-refractivity contribution in [2.45, 2.75) is 31.3 Å². The van der Waals surface area contributed by atoms with Crippen molar-refractivity contribution in [1.82, 2.24) is 5.32 Å². The van der Waals surface area contributed by atoms with E-state index in [1.807, 2.05) is 48.5 Å². The number of carbonyl (C=O) groups is 3. The van der Waals surface area contributed by atoms with E-state index < -0.39 is 22.8 Å². The molecule has 10 nitrogen and oxygen atoms in total. The van der Waals surface area contributed by atoms with Crippen molar-refractivity contribution in [3.05, 3.63) is 170 Å².